The van der Waals surface area contributed by atoms with Crippen LogP contribution in [0.25, 0.3) is 5.52 Å². The molecule has 1 N–H and O–H groups in total. The van der Waals surface area contributed by atoms with Crippen molar-refractivity contribution in [2.75, 3.05) is 13.1 Å². The smallest absolute Gasteiger partial charge is 0.170 e. The van der Waals surface area contributed by atoms with Crippen LogP contribution in [0.5, 0.6) is 0 Å². The number of hydrogen-bond donors (Lipinski definition) is 1. The quantitative estimate of drug-likeness (QED) is 0.855. The largest absolute Gasteiger partial charge is 0.317 e. The van der Waals surface area contributed by atoms with E-state index in [2.05, 4.69) is 20.8 Å². The van der Waals surface area contributed by atoms with Crippen LogP contribution in [0.3, 0.4) is 0 Å². The van der Waals surface area contributed by atoms with Gasteiger partial charge in [-0.1, -0.05) is 0 Å². The molecule has 4 heteroatoms. The van der Waals surface area contributed by atoms with E-state index in [9.17, 15) is 4.79 Å². The zero-order valence-electron chi connectivity index (χ0n) is 11.2. The molecule has 2 aromatic heterocycles. The lowest BCUT2D eigenvalue weighted by molar-refractivity contribution is 0.112. The number of aryl methyl sites for hydroxylation is 1. The van der Waals surface area contributed by atoms with Crippen LogP contribution in [0.1, 0.15) is 34.7 Å². The highest BCUT2D eigenvalue weighted by atomic mass is 16.1. The van der Waals surface area contributed by atoms with Crippen molar-refractivity contribution in [1.29, 1.82) is 0 Å². The van der Waals surface area contributed by atoms with Crippen LogP contribution in [-0.2, 0) is 6.42 Å². The third kappa shape index (κ3) is 2.40. The topological polar surface area (TPSA) is 46.4 Å². The van der Waals surface area contributed by atoms with Gasteiger partial charge >= 0.3 is 0 Å². The van der Waals surface area contributed by atoms with Gasteiger partial charge < -0.3 is 9.72 Å². The number of imidazole rings is 1. The molecule has 0 amide bonds. The van der Waals surface area contributed by atoms with Gasteiger partial charge in [0.15, 0.2) is 6.29 Å². The lowest BCUT2D eigenvalue weighted by Crippen LogP contribution is -2.29. The summed E-state index contributed by atoms with van der Waals surface area (Å²) in [7, 11) is 0. The highest BCUT2D eigenvalue weighted by Gasteiger charge is 2.18. The van der Waals surface area contributed by atoms with E-state index in [-0.39, 0.29) is 0 Å². The number of nitrogens with zero attached hydrogens (tertiary/aromatic N) is 2. The molecule has 1 fully saturated rings. The average molecular weight is 257 g/mol. The first-order chi connectivity index (χ1) is 9.28. The van der Waals surface area contributed by atoms with Crippen LogP contribution in [-0.4, -0.2) is 28.8 Å². The van der Waals surface area contributed by atoms with Gasteiger partial charge in [-0.25, -0.2) is 4.98 Å². The van der Waals surface area contributed by atoms with Gasteiger partial charge in [0, 0.05) is 12.6 Å². The fourth-order valence-electron chi connectivity index (χ4n) is 2.85. The summed E-state index contributed by atoms with van der Waals surface area (Å²) >= 11 is 0. The van der Waals surface area contributed by atoms with E-state index in [1.54, 1.807) is 0 Å². The van der Waals surface area contributed by atoms with Crippen LogP contribution in [0.4, 0.5) is 0 Å². The highest BCUT2D eigenvalue weighted by molar-refractivity contribution is 5.84. The van der Waals surface area contributed by atoms with Crippen molar-refractivity contribution in [2.45, 2.75) is 26.2 Å². The van der Waals surface area contributed by atoms with Crippen molar-refractivity contribution in [2.24, 2.45) is 5.92 Å². The lowest BCUT2D eigenvalue weighted by atomic mass is 9.94. The maximum atomic E-state index is 11.2. The predicted octanol–water partition coefficient (Wildman–Crippen LogP) is 2.00. The fourth-order valence-corrected chi connectivity index (χ4v) is 2.85. The van der Waals surface area contributed by atoms with E-state index >= 15 is 0 Å². The monoisotopic (exact) mass is 257 g/mol. The summed E-state index contributed by atoms with van der Waals surface area (Å²) in [5.74, 6) is 1.69. The summed E-state index contributed by atoms with van der Waals surface area (Å²) in [6.07, 6.45) is 6.23. The number of pyridine rings is 1. The molecule has 0 aliphatic carbocycles. The molecule has 1 aliphatic rings. The van der Waals surface area contributed by atoms with Gasteiger partial charge in [0.25, 0.3) is 0 Å². The summed E-state index contributed by atoms with van der Waals surface area (Å²) in [5, 5.41) is 3.38. The molecule has 3 heterocycles. The molecule has 2 aromatic rings. The van der Waals surface area contributed by atoms with Crippen LogP contribution in [0, 0.1) is 12.8 Å². The van der Waals surface area contributed by atoms with Gasteiger partial charge in [0.05, 0.1) is 5.52 Å². The van der Waals surface area contributed by atoms with Crippen LogP contribution >= 0.6 is 0 Å². The molecule has 0 saturated carbocycles. The van der Waals surface area contributed by atoms with Crippen molar-refractivity contribution in [3.05, 3.63) is 35.4 Å². The van der Waals surface area contributed by atoms with E-state index < -0.39 is 0 Å². The first-order valence-corrected chi connectivity index (χ1v) is 6.91. The number of fused-ring (bicyclic) bond motifs is 1. The summed E-state index contributed by atoms with van der Waals surface area (Å²) in [4.78, 5) is 15.7. The molecule has 100 valence electrons. The molecule has 1 saturated heterocycles. The van der Waals surface area contributed by atoms with Gasteiger partial charge in [-0.2, -0.15) is 0 Å². The number of aldehydes is 1. The maximum absolute atomic E-state index is 11.2. The standard InChI is InChI=1S/C15H19N3O/c1-11-4-7-18-14(8-11)13(10-19)17-15(18)9-12-2-5-16-6-3-12/h4,7-8,10,12,16H,2-3,5-6,9H2,1H3. The minimum absolute atomic E-state index is 0.563. The minimum Gasteiger partial charge on any atom is -0.317 e. The van der Waals surface area contributed by atoms with Crippen molar-refractivity contribution in [3.8, 4) is 0 Å². The molecule has 4 nitrogen and oxygen atoms in total. The molecule has 3 rings (SSSR count). The molecule has 0 radical (unpaired) electrons. The summed E-state index contributed by atoms with van der Waals surface area (Å²) in [5.41, 5.74) is 2.65. The van der Waals surface area contributed by atoms with E-state index in [1.807, 2.05) is 19.2 Å². The molecule has 0 aromatic carbocycles. The minimum atomic E-state index is 0.563. The molecule has 0 bridgehead atoms. The van der Waals surface area contributed by atoms with Crippen LogP contribution in [0.2, 0.25) is 0 Å². The number of hydrogen-bond acceptors (Lipinski definition) is 3. The molecule has 0 atom stereocenters. The third-order valence-electron chi connectivity index (χ3n) is 3.94. The fraction of sp³-hybridized carbons (Fsp3) is 0.467. The number of carbonyl (C=O) groups excluding carboxylic acids is 1. The molecule has 19 heavy (non-hydrogen) atoms. The zero-order chi connectivity index (χ0) is 13.2. The van der Waals surface area contributed by atoms with Gasteiger partial charge in [0.1, 0.15) is 11.5 Å². The number of carbonyl (C=O) groups is 1. The first-order valence-electron chi connectivity index (χ1n) is 6.91. The van der Waals surface area contributed by atoms with Crippen molar-refractivity contribution in [3.63, 3.8) is 0 Å². The Hall–Kier alpha value is -1.68. The van der Waals surface area contributed by atoms with Gasteiger partial charge in [-0.05, 0) is 56.5 Å². The Balaban J connectivity index is 1.96. The summed E-state index contributed by atoms with van der Waals surface area (Å²) in [6.45, 7) is 4.22. The van der Waals surface area contributed by atoms with E-state index in [0.717, 1.165) is 42.7 Å². The van der Waals surface area contributed by atoms with Crippen LogP contribution in [0.15, 0.2) is 18.3 Å². The zero-order valence-corrected chi connectivity index (χ0v) is 11.2. The number of nitrogens with one attached hydrogen (secondary N) is 1. The third-order valence-corrected chi connectivity index (χ3v) is 3.94. The Bertz CT molecular complexity index is 597. The van der Waals surface area contributed by atoms with Gasteiger partial charge in [-0.3, -0.25) is 4.79 Å². The van der Waals surface area contributed by atoms with Crippen molar-refractivity contribution in [1.82, 2.24) is 14.7 Å². The second-order valence-electron chi connectivity index (χ2n) is 5.39. The number of piperidine rings is 1. The number of aromatic nitrogens is 2. The second-order valence-corrected chi connectivity index (χ2v) is 5.39. The van der Waals surface area contributed by atoms with E-state index in [1.165, 1.54) is 12.8 Å². The Morgan fingerprint density at radius 1 is 1.47 bits per heavy atom. The average Bonchev–Trinajstić information content (AvgIpc) is 2.77. The van der Waals surface area contributed by atoms with Gasteiger partial charge in [-0.15, -0.1) is 0 Å². The van der Waals surface area contributed by atoms with Gasteiger partial charge in [0.2, 0.25) is 0 Å². The summed E-state index contributed by atoms with van der Waals surface area (Å²) < 4.78 is 2.07. The Kier molecular flexibility index (Phi) is 3.34. The highest BCUT2D eigenvalue weighted by Crippen LogP contribution is 2.20. The number of rotatable bonds is 3. The molecule has 0 unspecified atom stereocenters. The first kappa shape index (κ1) is 12.4. The molecular formula is C15H19N3O. The Labute approximate surface area is 112 Å². The Morgan fingerprint density at radius 3 is 3.00 bits per heavy atom. The van der Waals surface area contributed by atoms with E-state index in [4.69, 9.17) is 0 Å². The predicted molar refractivity (Wildman–Crippen MR) is 74.6 cm³/mol. The van der Waals surface area contributed by atoms with Crippen molar-refractivity contribution < 1.29 is 4.79 Å². The SMILES string of the molecule is Cc1ccn2c(CC3CCNCC3)nc(C=O)c2c1. The Morgan fingerprint density at radius 2 is 2.26 bits per heavy atom. The van der Waals surface area contributed by atoms with Crippen LogP contribution < -0.4 is 5.32 Å². The maximum Gasteiger partial charge on any atom is 0.170 e. The lowest BCUT2D eigenvalue weighted by Gasteiger charge is -2.21. The molecular weight excluding hydrogens is 238 g/mol. The van der Waals surface area contributed by atoms with Crippen molar-refractivity contribution >= 4 is 11.8 Å². The normalized spacial score (nSPS) is 16.9. The molecule has 0 spiro atoms. The second kappa shape index (κ2) is 5.13. The summed E-state index contributed by atoms with van der Waals surface area (Å²) in [6, 6.07) is 4.10. The van der Waals surface area contributed by atoms with E-state index in [0.29, 0.717) is 11.6 Å². The molecule has 1 aliphatic heterocycles.